The van der Waals surface area contributed by atoms with Gasteiger partial charge in [-0.25, -0.2) is 4.98 Å². The SMILES string of the molecule is Cc1cc(N2CCOCC2)nc(N2CCN(c3cccc(C)c3C)CC2)n1. The van der Waals surface area contributed by atoms with E-state index in [1.54, 1.807) is 0 Å². The predicted molar refractivity (Wildman–Crippen MR) is 110 cm³/mol. The summed E-state index contributed by atoms with van der Waals surface area (Å²) in [5.74, 6) is 1.88. The molecule has 0 amide bonds. The standard InChI is InChI=1S/C21H29N5O/c1-16-5-4-6-19(18(16)3)24-7-9-26(10-8-24)21-22-17(2)15-20(23-21)25-11-13-27-14-12-25/h4-6,15H,7-14H2,1-3H3. The Morgan fingerprint density at radius 1 is 0.815 bits per heavy atom. The van der Waals surface area contributed by atoms with Crippen molar-refractivity contribution >= 4 is 17.5 Å². The van der Waals surface area contributed by atoms with Gasteiger partial charge in [-0.2, -0.15) is 4.98 Å². The Bertz CT molecular complexity index is 795. The minimum atomic E-state index is 0.771. The van der Waals surface area contributed by atoms with Crippen LogP contribution in [0.5, 0.6) is 0 Å². The molecule has 0 N–H and O–H groups in total. The van der Waals surface area contributed by atoms with E-state index in [-0.39, 0.29) is 0 Å². The Kier molecular flexibility index (Phi) is 5.16. The molecule has 1 aromatic heterocycles. The highest BCUT2D eigenvalue weighted by molar-refractivity contribution is 5.57. The fourth-order valence-electron chi connectivity index (χ4n) is 3.86. The molecule has 0 unspecified atom stereocenters. The molecular weight excluding hydrogens is 338 g/mol. The zero-order chi connectivity index (χ0) is 18.8. The quantitative estimate of drug-likeness (QED) is 0.831. The van der Waals surface area contributed by atoms with Gasteiger partial charge < -0.3 is 19.4 Å². The van der Waals surface area contributed by atoms with Crippen molar-refractivity contribution in [2.24, 2.45) is 0 Å². The van der Waals surface area contributed by atoms with E-state index in [0.717, 1.165) is 69.9 Å². The van der Waals surface area contributed by atoms with E-state index in [4.69, 9.17) is 14.7 Å². The van der Waals surface area contributed by atoms with E-state index in [1.807, 2.05) is 0 Å². The normalized spacial score (nSPS) is 18.1. The fraction of sp³-hybridized carbons (Fsp3) is 0.524. The van der Waals surface area contributed by atoms with E-state index < -0.39 is 0 Å². The van der Waals surface area contributed by atoms with Gasteiger partial charge in [0.05, 0.1) is 13.2 Å². The molecule has 6 nitrogen and oxygen atoms in total. The lowest BCUT2D eigenvalue weighted by atomic mass is 10.1. The van der Waals surface area contributed by atoms with Crippen molar-refractivity contribution in [3.63, 3.8) is 0 Å². The smallest absolute Gasteiger partial charge is 0.227 e. The summed E-state index contributed by atoms with van der Waals surface area (Å²) in [6, 6.07) is 8.66. The lowest BCUT2D eigenvalue weighted by molar-refractivity contribution is 0.122. The minimum absolute atomic E-state index is 0.771. The van der Waals surface area contributed by atoms with Gasteiger partial charge in [0.1, 0.15) is 5.82 Å². The van der Waals surface area contributed by atoms with E-state index in [0.29, 0.717) is 0 Å². The molecule has 0 radical (unpaired) electrons. The van der Waals surface area contributed by atoms with Crippen molar-refractivity contribution in [2.45, 2.75) is 20.8 Å². The summed E-state index contributed by atoms with van der Waals surface area (Å²) in [6.07, 6.45) is 0. The number of hydrogen-bond donors (Lipinski definition) is 0. The molecular formula is C21H29N5O. The summed E-state index contributed by atoms with van der Waals surface area (Å²) >= 11 is 0. The zero-order valence-electron chi connectivity index (χ0n) is 16.6. The summed E-state index contributed by atoms with van der Waals surface area (Å²) in [6.45, 7) is 13.7. The molecule has 2 fully saturated rings. The minimum Gasteiger partial charge on any atom is -0.378 e. The molecule has 2 saturated heterocycles. The number of nitrogens with zero attached hydrogens (tertiary/aromatic N) is 5. The molecule has 0 saturated carbocycles. The largest absolute Gasteiger partial charge is 0.378 e. The second-order valence-electron chi connectivity index (χ2n) is 7.46. The van der Waals surface area contributed by atoms with E-state index >= 15 is 0 Å². The molecule has 27 heavy (non-hydrogen) atoms. The lowest BCUT2D eigenvalue weighted by Crippen LogP contribution is -2.47. The molecule has 6 heteroatoms. The highest BCUT2D eigenvalue weighted by atomic mass is 16.5. The topological polar surface area (TPSA) is 44.7 Å². The Balaban J connectivity index is 1.48. The average Bonchev–Trinajstić information content (AvgIpc) is 2.70. The van der Waals surface area contributed by atoms with Crippen LogP contribution in [0.25, 0.3) is 0 Å². The molecule has 4 rings (SSSR count). The molecule has 0 bridgehead atoms. The van der Waals surface area contributed by atoms with Crippen LogP contribution in [0.1, 0.15) is 16.8 Å². The van der Waals surface area contributed by atoms with Gasteiger partial charge in [-0.15, -0.1) is 0 Å². The maximum Gasteiger partial charge on any atom is 0.227 e. The van der Waals surface area contributed by atoms with Gasteiger partial charge in [0.2, 0.25) is 5.95 Å². The molecule has 1 aromatic carbocycles. The predicted octanol–water partition coefficient (Wildman–Crippen LogP) is 2.57. The van der Waals surface area contributed by atoms with E-state index in [9.17, 15) is 0 Å². The van der Waals surface area contributed by atoms with E-state index in [1.165, 1.54) is 16.8 Å². The highest BCUT2D eigenvalue weighted by Gasteiger charge is 2.22. The lowest BCUT2D eigenvalue weighted by Gasteiger charge is -2.37. The van der Waals surface area contributed by atoms with Crippen molar-refractivity contribution < 1.29 is 4.74 Å². The number of ether oxygens (including phenoxy) is 1. The van der Waals surface area contributed by atoms with Crippen molar-refractivity contribution in [2.75, 3.05) is 67.2 Å². The van der Waals surface area contributed by atoms with Gasteiger partial charge in [0, 0.05) is 56.7 Å². The Hall–Kier alpha value is -2.34. The van der Waals surface area contributed by atoms with Gasteiger partial charge in [-0.05, 0) is 38.0 Å². The van der Waals surface area contributed by atoms with E-state index in [2.05, 4.69) is 59.7 Å². The molecule has 2 aromatic rings. The third-order valence-corrected chi connectivity index (χ3v) is 5.64. The Morgan fingerprint density at radius 2 is 1.52 bits per heavy atom. The van der Waals surface area contributed by atoms with Crippen LogP contribution in [-0.4, -0.2) is 62.5 Å². The number of morpholine rings is 1. The van der Waals surface area contributed by atoms with Crippen LogP contribution >= 0.6 is 0 Å². The second kappa shape index (κ2) is 7.72. The highest BCUT2D eigenvalue weighted by Crippen LogP contribution is 2.25. The first-order chi connectivity index (χ1) is 13.1. The number of benzene rings is 1. The van der Waals surface area contributed by atoms with Crippen LogP contribution in [0.15, 0.2) is 24.3 Å². The molecule has 0 atom stereocenters. The Labute approximate surface area is 161 Å². The molecule has 0 aliphatic carbocycles. The number of hydrogen-bond acceptors (Lipinski definition) is 6. The fourth-order valence-corrected chi connectivity index (χ4v) is 3.86. The average molecular weight is 367 g/mol. The summed E-state index contributed by atoms with van der Waals surface area (Å²) in [5, 5.41) is 0. The van der Waals surface area contributed by atoms with Crippen molar-refractivity contribution in [1.29, 1.82) is 0 Å². The number of anilines is 3. The van der Waals surface area contributed by atoms with Crippen LogP contribution < -0.4 is 14.7 Å². The number of piperazine rings is 1. The third-order valence-electron chi connectivity index (χ3n) is 5.64. The second-order valence-corrected chi connectivity index (χ2v) is 7.46. The number of aryl methyl sites for hydroxylation is 2. The van der Waals surface area contributed by atoms with Crippen LogP contribution in [0.3, 0.4) is 0 Å². The van der Waals surface area contributed by atoms with Crippen molar-refractivity contribution in [3.05, 3.63) is 41.1 Å². The summed E-state index contributed by atoms with van der Waals surface area (Å²) in [7, 11) is 0. The van der Waals surface area contributed by atoms with Crippen LogP contribution in [-0.2, 0) is 4.74 Å². The number of aromatic nitrogens is 2. The first-order valence-electron chi connectivity index (χ1n) is 9.86. The summed E-state index contributed by atoms with van der Waals surface area (Å²) < 4.78 is 5.47. The monoisotopic (exact) mass is 367 g/mol. The summed E-state index contributed by atoms with van der Waals surface area (Å²) in [5.41, 5.74) is 5.12. The zero-order valence-corrected chi connectivity index (χ0v) is 16.6. The van der Waals surface area contributed by atoms with Gasteiger partial charge in [-0.1, -0.05) is 12.1 Å². The number of rotatable bonds is 3. The third kappa shape index (κ3) is 3.86. The summed E-state index contributed by atoms with van der Waals surface area (Å²) in [4.78, 5) is 16.7. The van der Waals surface area contributed by atoms with Crippen molar-refractivity contribution in [3.8, 4) is 0 Å². The maximum atomic E-state index is 5.47. The maximum absolute atomic E-state index is 5.47. The van der Waals surface area contributed by atoms with Gasteiger partial charge in [0.15, 0.2) is 0 Å². The van der Waals surface area contributed by atoms with Gasteiger partial charge in [0.25, 0.3) is 0 Å². The van der Waals surface area contributed by atoms with Crippen molar-refractivity contribution in [1.82, 2.24) is 9.97 Å². The molecule has 3 heterocycles. The van der Waals surface area contributed by atoms with Crippen LogP contribution in [0, 0.1) is 20.8 Å². The van der Waals surface area contributed by atoms with Gasteiger partial charge in [-0.3, -0.25) is 0 Å². The molecule has 144 valence electrons. The Morgan fingerprint density at radius 3 is 2.26 bits per heavy atom. The first-order valence-corrected chi connectivity index (χ1v) is 9.86. The molecule has 2 aliphatic heterocycles. The van der Waals surface area contributed by atoms with Gasteiger partial charge >= 0.3 is 0 Å². The first kappa shape index (κ1) is 18.0. The van der Waals surface area contributed by atoms with Crippen LogP contribution in [0.2, 0.25) is 0 Å². The molecule has 2 aliphatic rings. The molecule has 0 spiro atoms. The van der Waals surface area contributed by atoms with Crippen LogP contribution in [0.4, 0.5) is 17.5 Å².